The second kappa shape index (κ2) is 6.27. The number of rotatable bonds is 4. The fraction of sp³-hybridized carbons (Fsp3) is 0.167. The molecule has 126 valence electrons. The van der Waals surface area contributed by atoms with Gasteiger partial charge >= 0.3 is 0 Å². The summed E-state index contributed by atoms with van der Waals surface area (Å²) < 4.78 is 7.28. The highest BCUT2D eigenvalue weighted by atomic mass is 16.5. The van der Waals surface area contributed by atoms with Crippen LogP contribution in [-0.4, -0.2) is 34.4 Å². The van der Waals surface area contributed by atoms with Gasteiger partial charge in [-0.3, -0.25) is 9.59 Å². The van der Waals surface area contributed by atoms with E-state index in [0.29, 0.717) is 30.0 Å². The third-order valence-corrected chi connectivity index (χ3v) is 3.96. The number of hydrogen-bond donors (Lipinski definition) is 2. The molecule has 0 saturated carbocycles. The molecule has 1 aliphatic heterocycles. The molecule has 3 heterocycles. The molecule has 7 heteroatoms. The van der Waals surface area contributed by atoms with E-state index in [0.717, 1.165) is 11.3 Å². The Labute approximate surface area is 143 Å². The average molecular weight is 336 g/mol. The number of benzene rings is 1. The Kier molecular flexibility index (Phi) is 3.81. The summed E-state index contributed by atoms with van der Waals surface area (Å²) in [6.07, 6.45) is 4.54. The summed E-state index contributed by atoms with van der Waals surface area (Å²) in [4.78, 5) is 28.0. The summed E-state index contributed by atoms with van der Waals surface area (Å²) >= 11 is 0. The van der Waals surface area contributed by atoms with Gasteiger partial charge in [0, 0.05) is 30.9 Å². The molecule has 3 aromatic rings. The number of ether oxygens (including phenoxy) is 1. The van der Waals surface area contributed by atoms with E-state index in [-0.39, 0.29) is 18.4 Å². The van der Waals surface area contributed by atoms with Gasteiger partial charge in [0.15, 0.2) is 6.61 Å². The largest absolute Gasteiger partial charge is 0.482 e. The standard InChI is InChI=1S/C18H16N4O3/c23-17-11-25-15-9-12(4-5-14(15)21-17)18(24)19-7-6-13-10-22-8-2-1-3-16(22)20-13/h1-5,8-10H,6-7,11H2,(H,19,24)(H,21,23). The molecule has 7 nitrogen and oxygen atoms in total. The van der Waals surface area contributed by atoms with Gasteiger partial charge in [0.2, 0.25) is 0 Å². The number of pyridine rings is 1. The van der Waals surface area contributed by atoms with Crippen LogP contribution in [0.15, 0.2) is 48.8 Å². The van der Waals surface area contributed by atoms with E-state index in [1.54, 1.807) is 18.2 Å². The Hall–Kier alpha value is -3.35. The highest BCUT2D eigenvalue weighted by Gasteiger charge is 2.17. The molecule has 4 rings (SSSR count). The van der Waals surface area contributed by atoms with Crippen molar-refractivity contribution in [2.45, 2.75) is 6.42 Å². The van der Waals surface area contributed by atoms with Crippen molar-refractivity contribution in [1.82, 2.24) is 14.7 Å². The van der Waals surface area contributed by atoms with E-state index in [4.69, 9.17) is 4.74 Å². The van der Waals surface area contributed by atoms with E-state index >= 15 is 0 Å². The molecule has 25 heavy (non-hydrogen) atoms. The first-order valence-corrected chi connectivity index (χ1v) is 7.96. The monoisotopic (exact) mass is 336 g/mol. The lowest BCUT2D eigenvalue weighted by Gasteiger charge is -2.18. The summed E-state index contributed by atoms with van der Waals surface area (Å²) in [5.74, 6) is 0.122. The van der Waals surface area contributed by atoms with Crippen LogP contribution in [0.3, 0.4) is 0 Å². The SMILES string of the molecule is O=C1COc2cc(C(=O)NCCc3cn4ccccc4n3)ccc2N1. The van der Waals surface area contributed by atoms with Crippen LogP contribution >= 0.6 is 0 Å². The van der Waals surface area contributed by atoms with E-state index in [1.165, 1.54) is 0 Å². The Morgan fingerprint density at radius 1 is 1.32 bits per heavy atom. The van der Waals surface area contributed by atoms with Crippen molar-refractivity contribution in [2.24, 2.45) is 0 Å². The number of amides is 2. The number of nitrogens with zero attached hydrogens (tertiary/aromatic N) is 2. The van der Waals surface area contributed by atoms with Crippen molar-refractivity contribution in [3.8, 4) is 5.75 Å². The molecule has 0 spiro atoms. The molecule has 0 radical (unpaired) electrons. The van der Waals surface area contributed by atoms with E-state index < -0.39 is 0 Å². The number of imidazole rings is 1. The minimum absolute atomic E-state index is 0.0358. The minimum atomic E-state index is -0.197. The lowest BCUT2D eigenvalue weighted by Crippen LogP contribution is -2.27. The van der Waals surface area contributed by atoms with Crippen molar-refractivity contribution >= 4 is 23.1 Å². The summed E-state index contributed by atoms with van der Waals surface area (Å²) in [5.41, 5.74) is 2.88. The fourth-order valence-electron chi connectivity index (χ4n) is 2.73. The van der Waals surface area contributed by atoms with E-state index in [9.17, 15) is 9.59 Å². The second-order valence-electron chi connectivity index (χ2n) is 5.75. The molecule has 0 unspecified atom stereocenters. The Morgan fingerprint density at radius 2 is 2.24 bits per heavy atom. The van der Waals surface area contributed by atoms with Gasteiger partial charge in [-0.05, 0) is 30.3 Å². The Bertz CT molecular complexity index is 931. The first-order chi connectivity index (χ1) is 12.2. The van der Waals surface area contributed by atoms with Gasteiger partial charge in [0.05, 0.1) is 11.4 Å². The number of hydrogen-bond acceptors (Lipinski definition) is 4. The van der Waals surface area contributed by atoms with Crippen LogP contribution in [0.25, 0.3) is 5.65 Å². The van der Waals surface area contributed by atoms with Crippen molar-refractivity contribution in [2.75, 3.05) is 18.5 Å². The van der Waals surface area contributed by atoms with Crippen LogP contribution in [0.2, 0.25) is 0 Å². The zero-order valence-corrected chi connectivity index (χ0v) is 13.4. The number of carbonyl (C=O) groups excluding carboxylic acids is 2. The maximum absolute atomic E-state index is 12.3. The zero-order valence-electron chi connectivity index (χ0n) is 13.4. The fourth-order valence-corrected chi connectivity index (χ4v) is 2.73. The first-order valence-electron chi connectivity index (χ1n) is 7.96. The van der Waals surface area contributed by atoms with Crippen LogP contribution in [0, 0.1) is 0 Å². The zero-order chi connectivity index (χ0) is 17.2. The van der Waals surface area contributed by atoms with Crippen molar-refractivity contribution in [1.29, 1.82) is 0 Å². The van der Waals surface area contributed by atoms with Gasteiger partial charge < -0.3 is 19.8 Å². The van der Waals surface area contributed by atoms with Gasteiger partial charge in [-0.15, -0.1) is 0 Å². The lowest BCUT2D eigenvalue weighted by molar-refractivity contribution is -0.118. The molecular formula is C18H16N4O3. The first kappa shape index (κ1) is 15.2. The van der Waals surface area contributed by atoms with E-state index in [1.807, 2.05) is 35.0 Å². The van der Waals surface area contributed by atoms with Crippen molar-refractivity contribution in [3.05, 3.63) is 60.0 Å². The minimum Gasteiger partial charge on any atom is -0.482 e. The molecule has 0 fully saturated rings. The molecule has 2 N–H and O–H groups in total. The number of anilines is 1. The molecule has 2 aromatic heterocycles. The van der Waals surface area contributed by atoms with Crippen LogP contribution < -0.4 is 15.4 Å². The quantitative estimate of drug-likeness (QED) is 0.758. The summed E-state index contributed by atoms with van der Waals surface area (Å²) in [7, 11) is 0. The predicted octanol–water partition coefficient (Wildman–Crippen LogP) is 1.64. The molecular weight excluding hydrogens is 320 g/mol. The number of carbonyl (C=O) groups is 2. The van der Waals surface area contributed by atoms with Gasteiger partial charge in [0.1, 0.15) is 11.4 Å². The molecule has 1 aromatic carbocycles. The van der Waals surface area contributed by atoms with Crippen LogP contribution in [0.1, 0.15) is 16.1 Å². The third kappa shape index (κ3) is 3.16. The lowest BCUT2D eigenvalue weighted by atomic mass is 10.1. The normalized spacial score (nSPS) is 13.0. The number of fused-ring (bicyclic) bond motifs is 2. The van der Waals surface area contributed by atoms with Crippen LogP contribution in [-0.2, 0) is 11.2 Å². The molecule has 0 aliphatic carbocycles. The Morgan fingerprint density at radius 3 is 3.12 bits per heavy atom. The molecule has 0 atom stereocenters. The molecule has 2 amide bonds. The smallest absolute Gasteiger partial charge is 0.262 e. The second-order valence-corrected chi connectivity index (χ2v) is 5.75. The van der Waals surface area contributed by atoms with Crippen molar-refractivity contribution in [3.63, 3.8) is 0 Å². The summed E-state index contributed by atoms with van der Waals surface area (Å²) in [6.45, 7) is 0.448. The number of aromatic nitrogens is 2. The molecule has 0 bridgehead atoms. The highest BCUT2D eigenvalue weighted by Crippen LogP contribution is 2.28. The van der Waals surface area contributed by atoms with E-state index in [2.05, 4.69) is 15.6 Å². The van der Waals surface area contributed by atoms with Crippen molar-refractivity contribution < 1.29 is 14.3 Å². The highest BCUT2D eigenvalue weighted by molar-refractivity contribution is 5.98. The average Bonchev–Trinajstić information content (AvgIpc) is 3.04. The van der Waals surface area contributed by atoms with Crippen LogP contribution in [0.5, 0.6) is 5.75 Å². The predicted molar refractivity (Wildman–Crippen MR) is 91.8 cm³/mol. The van der Waals surface area contributed by atoms with Gasteiger partial charge in [-0.25, -0.2) is 4.98 Å². The third-order valence-electron chi connectivity index (χ3n) is 3.96. The summed E-state index contributed by atoms with van der Waals surface area (Å²) in [6, 6.07) is 10.8. The van der Waals surface area contributed by atoms with Gasteiger partial charge in [0.25, 0.3) is 11.8 Å². The van der Waals surface area contributed by atoms with Gasteiger partial charge in [-0.1, -0.05) is 6.07 Å². The Balaban J connectivity index is 1.38. The van der Waals surface area contributed by atoms with Crippen LogP contribution in [0.4, 0.5) is 5.69 Å². The maximum atomic E-state index is 12.3. The summed E-state index contributed by atoms with van der Waals surface area (Å²) in [5, 5.41) is 5.57. The maximum Gasteiger partial charge on any atom is 0.262 e. The number of nitrogens with one attached hydrogen (secondary N) is 2. The molecule has 0 saturated heterocycles. The molecule has 1 aliphatic rings. The topological polar surface area (TPSA) is 84.7 Å². The van der Waals surface area contributed by atoms with Gasteiger partial charge in [-0.2, -0.15) is 0 Å².